The van der Waals surface area contributed by atoms with E-state index in [1.54, 1.807) is 0 Å². The minimum Gasteiger partial charge on any atom is -0.465 e. The molecule has 0 saturated carbocycles. The Morgan fingerprint density at radius 2 is 2.00 bits per heavy atom. The summed E-state index contributed by atoms with van der Waals surface area (Å²) in [5, 5.41) is 0. The molecule has 0 fully saturated rings. The Bertz CT molecular complexity index is 390. The van der Waals surface area contributed by atoms with E-state index in [2.05, 4.69) is 6.92 Å². The quantitative estimate of drug-likeness (QED) is 0.440. The molecule has 0 amide bonds. The fraction of sp³-hybridized carbons (Fsp3) is 0.562. The molecule has 1 aromatic carbocycles. The summed E-state index contributed by atoms with van der Waals surface area (Å²) < 4.78 is 5.30. The van der Waals surface area contributed by atoms with Gasteiger partial charge < -0.3 is 10.5 Å². The summed E-state index contributed by atoms with van der Waals surface area (Å²) in [7, 11) is 0. The Balaban J connectivity index is 2.29. The monoisotopic (exact) mass is 263 g/mol. The standard InChI is InChI=1S/C16H25NO2/c1-3-4-5-6-7-11-19-16(18)13(2)14-9-8-10-15(17)12-14/h8-10,12-13H,3-7,11,17H2,1-2H3. The molecule has 0 radical (unpaired) electrons. The van der Waals surface area contributed by atoms with Crippen LogP contribution in [0.4, 0.5) is 5.69 Å². The number of carbonyl (C=O) groups excluding carboxylic acids is 1. The van der Waals surface area contributed by atoms with Gasteiger partial charge in [0.2, 0.25) is 0 Å². The third-order valence-electron chi connectivity index (χ3n) is 3.26. The molecule has 0 bridgehead atoms. The van der Waals surface area contributed by atoms with Crippen molar-refractivity contribution >= 4 is 11.7 Å². The van der Waals surface area contributed by atoms with Gasteiger partial charge in [0.1, 0.15) is 0 Å². The molecule has 1 unspecified atom stereocenters. The molecule has 1 aromatic rings. The summed E-state index contributed by atoms with van der Waals surface area (Å²) in [6.07, 6.45) is 5.79. The summed E-state index contributed by atoms with van der Waals surface area (Å²) in [4.78, 5) is 11.9. The molecule has 1 rings (SSSR count). The van der Waals surface area contributed by atoms with Gasteiger partial charge >= 0.3 is 5.97 Å². The van der Waals surface area contributed by atoms with Gasteiger partial charge in [-0.2, -0.15) is 0 Å². The van der Waals surface area contributed by atoms with Crippen molar-refractivity contribution in [3.8, 4) is 0 Å². The van der Waals surface area contributed by atoms with Crippen LogP contribution in [0.1, 0.15) is 57.4 Å². The van der Waals surface area contributed by atoms with Gasteiger partial charge in [-0.25, -0.2) is 0 Å². The second-order valence-electron chi connectivity index (χ2n) is 4.97. The summed E-state index contributed by atoms with van der Waals surface area (Å²) in [6.45, 7) is 4.57. The first-order valence-corrected chi connectivity index (χ1v) is 7.17. The van der Waals surface area contributed by atoms with Gasteiger partial charge in [-0.3, -0.25) is 4.79 Å². The molecular weight excluding hydrogens is 238 g/mol. The van der Waals surface area contributed by atoms with E-state index in [9.17, 15) is 4.79 Å². The zero-order chi connectivity index (χ0) is 14.1. The van der Waals surface area contributed by atoms with Crippen molar-refractivity contribution in [2.75, 3.05) is 12.3 Å². The van der Waals surface area contributed by atoms with E-state index in [1.807, 2.05) is 31.2 Å². The number of hydrogen-bond donors (Lipinski definition) is 1. The minimum absolute atomic E-state index is 0.166. The average Bonchev–Trinajstić information content (AvgIpc) is 2.41. The number of nitrogen functional groups attached to an aromatic ring is 1. The van der Waals surface area contributed by atoms with Gasteiger partial charge in [-0.15, -0.1) is 0 Å². The van der Waals surface area contributed by atoms with E-state index >= 15 is 0 Å². The Labute approximate surface area is 116 Å². The Hall–Kier alpha value is -1.51. The van der Waals surface area contributed by atoms with Gasteiger partial charge in [0.05, 0.1) is 12.5 Å². The lowest BCUT2D eigenvalue weighted by Crippen LogP contribution is -2.14. The first-order valence-electron chi connectivity index (χ1n) is 7.17. The van der Waals surface area contributed by atoms with E-state index in [1.165, 1.54) is 19.3 Å². The number of benzene rings is 1. The lowest BCUT2D eigenvalue weighted by Gasteiger charge is -2.12. The first kappa shape index (κ1) is 15.5. The lowest BCUT2D eigenvalue weighted by molar-refractivity contribution is -0.145. The fourth-order valence-corrected chi connectivity index (χ4v) is 1.97. The minimum atomic E-state index is -0.251. The Morgan fingerprint density at radius 3 is 2.68 bits per heavy atom. The van der Waals surface area contributed by atoms with Crippen molar-refractivity contribution in [2.24, 2.45) is 0 Å². The van der Waals surface area contributed by atoms with Crippen molar-refractivity contribution in [1.29, 1.82) is 0 Å². The fourth-order valence-electron chi connectivity index (χ4n) is 1.97. The van der Waals surface area contributed by atoms with Crippen LogP contribution in [0.25, 0.3) is 0 Å². The van der Waals surface area contributed by atoms with Crippen molar-refractivity contribution in [1.82, 2.24) is 0 Å². The molecule has 1 atom stereocenters. The van der Waals surface area contributed by atoms with Gasteiger partial charge in [-0.1, -0.05) is 44.7 Å². The molecule has 0 spiro atoms. The largest absolute Gasteiger partial charge is 0.465 e. The highest BCUT2D eigenvalue weighted by atomic mass is 16.5. The number of rotatable bonds is 8. The topological polar surface area (TPSA) is 52.3 Å². The second kappa shape index (κ2) is 8.57. The van der Waals surface area contributed by atoms with E-state index < -0.39 is 0 Å². The highest BCUT2D eigenvalue weighted by Gasteiger charge is 2.16. The van der Waals surface area contributed by atoms with Gasteiger partial charge in [0.15, 0.2) is 0 Å². The van der Waals surface area contributed by atoms with Gasteiger partial charge in [0.25, 0.3) is 0 Å². The smallest absolute Gasteiger partial charge is 0.313 e. The average molecular weight is 263 g/mol. The summed E-state index contributed by atoms with van der Waals surface area (Å²) >= 11 is 0. The Kier molecular flexibility index (Phi) is 7.01. The maximum atomic E-state index is 11.9. The SMILES string of the molecule is CCCCCCCOC(=O)C(C)c1cccc(N)c1. The van der Waals surface area contributed by atoms with Crippen LogP contribution in [0.5, 0.6) is 0 Å². The predicted molar refractivity (Wildman–Crippen MR) is 79.0 cm³/mol. The number of nitrogens with two attached hydrogens (primary N) is 1. The molecular formula is C16H25NO2. The van der Waals surface area contributed by atoms with Crippen LogP contribution in [0.15, 0.2) is 24.3 Å². The molecule has 106 valence electrons. The van der Waals surface area contributed by atoms with Crippen LogP contribution in [-0.4, -0.2) is 12.6 Å². The number of carbonyl (C=O) groups is 1. The third kappa shape index (κ3) is 5.77. The third-order valence-corrected chi connectivity index (χ3v) is 3.26. The molecule has 19 heavy (non-hydrogen) atoms. The van der Waals surface area contributed by atoms with E-state index in [0.29, 0.717) is 12.3 Å². The zero-order valence-corrected chi connectivity index (χ0v) is 12.0. The second-order valence-corrected chi connectivity index (χ2v) is 4.97. The number of anilines is 1. The molecule has 0 saturated heterocycles. The molecule has 2 N–H and O–H groups in total. The van der Waals surface area contributed by atoms with Crippen LogP contribution in [0.2, 0.25) is 0 Å². The van der Waals surface area contributed by atoms with Gasteiger partial charge in [-0.05, 0) is 31.0 Å². The number of unbranched alkanes of at least 4 members (excludes halogenated alkanes) is 4. The summed E-state index contributed by atoms with van der Waals surface area (Å²) in [5.74, 6) is -0.416. The zero-order valence-electron chi connectivity index (χ0n) is 12.0. The number of hydrogen-bond acceptors (Lipinski definition) is 3. The van der Waals surface area contributed by atoms with Crippen LogP contribution in [-0.2, 0) is 9.53 Å². The Morgan fingerprint density at radius 1 is 1.26 bits per heavy atom. The molecule has 3 nitrogen and oxygen atoms in total. The summed E-state index contributed by atoms with van der Waals surface area (Å²) in [6, 6.07) is 7.41. The maximum Gasteiger partial charge on any atom is 0.313 e. The lowest BCUT2D eigenvalue weighted by atomic mass is 10.0. The van der Waals surface area contributed by atoms with Crippen molar-refractivity contribution in [3.63, 3.8) is 0 Å². The van der Waals surface area contributed by atoms with Crippen molar-refractivity contribution in [2.45, 2.75) is 51.9 Å². The molecule has 0 heterocycles. The predicted octanol–water partition coefficient (Wildman–Crippen LogP) is 3.89. The van der Waals surface area contributed by atoms with Gasteiger partial charge in [0, 0.05) is 5.69 Å². The molecule has 0 aromatic heterocycles. The van der Waals surface area contributed by atoms with Crippen LogP contribution >= 0.6 is 0 Å². The highest BCUT2D eigenvalue weighted by Crippen LogP contribution is 2.19. The maximum absolute atomic E-state index is 11.9. The van der Waals surface area contributed by atoms with Crippen molar-refractivity contribution in [3.05, 3.63) is 29.8 Å². The van der Waals surface area contributed by atoms with E-state index in [4.69, 9.17) is 10.5 Å². The molecule has 0 aliphatic carbocycles. The highest BCUT2D eigenvalue weighted by molar-refractivity contribution is 5.78. The molecule has 0 aliphatic heterocycles. The number of esters is 1. The number of ether oxygens (including phenoxy) is 1. The van der Waals surface area contributed by atoms with E-state index in [0.717, 1.165) is 18.4 Å². The molecule has 0 aliphatic rings. The van der Waals surface area contributed by atoms with Crippen LogP contribution in [0.3, 0.4) is 0 Å². The van der Waals surface area contributed by atoms with Crippen LogP contribution < -0.4 is 5.73 Å². The van der Waals surface area contributed by atoms with E-state index in [-0.39, 0.29) is 11.9 Å². The van der Waals surface area contributed by atoms with Crippen LogP contribution in [0, 0.1) is 0 Å². The van der Waals surface area contributed by atoms with Crippen molar-refractivity contribution < 1.29 is 9.53 Å². The molecule has 3 heteroatoms. The first-order chi connectivity index (χ1) is 9.15. The normalized spacial score (nSPS) is 12.1. The summed E-state index contributed by atoms with van der Waals surface area (Å²) in [5.41, 5.74) is 7.30.